The van der Waals surface area contributed by atoms with Gasteiger partial charge in [0.15, 0.2) is 22.5 Å². The van der Waals surface area contributed by atoms with Crippen molar-refractivity contribution in [1.82, 2.24) is 20.1 Å². The van der Waals surface area contributed by atoms with Gasteiger partial charge in [0.2, 0.25) is 11.7 Å². The van der Waals surface area contributed by atoms with Crippen molar-refractivity contribution in [3.05, 3.63) is 82.7 Å². The summed E-state index contributed by atoms with van der Waals surface area (Å²) in [5, 5.41) is 12.4. The second-order valence-corrected chi connectivity index (χ2v) is 10.7. The van der Waals surface area contributed by atoms with Gasteiger partial charge in [-0.1, -0.05) is 42.1 Å². The lowest BCUT2D eigenvalue weighted by Crippen LogP contribution is -2.30. The fourth-order valence-corrected chi connectivity index (χ4v) is 5.84. The summed E-state index contributed by atoms with van der Waals surface area (Å²) in [5.41, 5.74) is 5.53. The number of nitrogens with one attached hydrogen (secondary N) is 1. The number of para-hydroxylation sites is 1. The Bertz CT molecular complexity index is 1610. The SMILES string of the molecule is COc1cc(C(=O)NCc2nnc(SCC(=O)N3CCc4ccccc43)n2-c2cccc(C)c2C)cc(OC)c1OC. The van der Waals surface area contributed by atoms with Gasteiger partial charge in [0.05, 0.1) is 39.3 Å². The van der Waals surface area contributed by atoms with E-state index in [0.717, 1.165) is 28.9 Å². The summed E-state index contributed by atoms with van der Waals surface area (Å²) < 4.78 is 18.1. The molecule has 0 saturated carbocycles. The molecular formula is C31H33N5O5S. The molecule has 4 aromatic rings. The molecule has 1 aromatic heterocycles. The summed E-state index contributed by atoms with van der Waals surface area (Å²) in [5.74, 6) is 1.56. The Morgan fingerprint density at radius 3 is 2.36 bits per heavy atom. The Hall–Kier alpha value is -4.51. The van der Waals surface area contributed by atoms with E-state index in [0.29, 0.717) is 40.3 Å². The lowest BCUT2D eigenvalue weighted by Gasteiger charge is -2.18. The number of carbonyl (C=O) groups is 2. The van der Waals surface area contributed by atoms with Crippen LogP contribution in [0, 0.1) is 13.8 Å². The zero-order chi connectivity index (χ0) is 29.8. The number of thioether (sulfide) groups is 1. The monoisotopic (exact) mass is 587 g/mol. The van der Waals surface area contributed by atoms with Gasteiger partial charge < -0.3 is 24.4 Å². The molecule has 1 aliphatic heterocycles. The van der Waals surface area contributed by atoms with Crippen LogP contribution in [-0.4, -0.2) is 60.2 Å². The first-order valence-electron chi connectivity index (χ1n) is 13.5. The van der Waals surface area contributed by atoms with Crippen molar-refractivity contribution < 1.29 is 23.8 Å². The standard InChI is InChI=1S/C31H33N5O5S/c1-19-9-8-12-23(20(19)2)36-27(17-32-30(38)22-15-25(39-3)29(41-5)26(16-22)40-4)33-34-31(36)42-18-28(37)35-14-13-21-10-6-7-11-24(21)35/h6-12,15-16H,13-14,17-18H2,1-5H3,(H,32,38). The average Bonchev–Trinajstić information content (AvgIpc) is 3.63. The van der Waals surface area contributed by atoms with Gasteiger partial charge in [0, 0.05) is 17.8 Å². The third-order valence-corrected chi connectivity index (χ3v) is 8.28. The smallest absolute Gasteiger partial charge is 0.251 e. The Morgan fingerprint density at radius 2 is 1.64 bits per heavy atom. The maximum atomic E-state index is 13.2. The minimum absolute atomic E-state index is 0.0118. The molecule has 0 aliphatic carbocycles. The van der Waals surface area contributed by atoms with Crippen LogP contribution in [0.1, 0.15) is 32.9 Å². The molecule has 0 radical (unpaired) electrons. The van der Waals surface area contributed by atoms with Crippen LogP contribution in [0.4, 0.5) is 5.69 Å². The highest BCUT2D eigenvalue weighted by Gasteiger charge is 2.26. The molecule has 218 valence electrons. The molecular weight excluding hydrogens is 554 g/mol. The number of hydrogen-bond acceptors (Lipinski definition) is 8. The molecule has 2 heterocycles. The van der Waals surface area contributed by atoms with Gasteiger partial charge in [-0.2, -0.15) is 0 Å². The van der Waals surface area contributed by atoms with Crippen LogP contribution in [0.2, 0.25) is 0 Å². The molecule has 1 aliphatic rings. The molecule has 11 heteroatoms. The fourth-order valence-electron chi connectivity index (χ4n) is 5.00. The van der Waals surface area contributed by atoms with Crippen molar-refractivity contribution in [2.24, 2.45) is 0 Å². The second kappa shape index (κ2) is 12.6. The number of anilines is 1. The van der Waals surface area contributed by atoms with Crippen LogP contribution in [-0.2, 0) is 17.8 Å². The van der Waals surface area contributed by atoms with E-state index in [1.54, 1.807) is 12.1 Å². The summed E-state index contributed by atoms with van der Waals surface area (Å²) in [4.78, 5) is 28.3. The topological polar surface area (TPSA) is 108 Å². The second-order valence-electron chi connectivity index (χ2n) is 9.76. The van der Waals surface area contributed by atoms with E-state index in [1.807, 2.05) is 59.7 Å². The fraction of sp³-hybridized carbons (Fsp3) is 0.290. The highest BCUT2D eigenvalue weighted by molar-refractivity contribution is 7.99. The molecule has 2 amide bonds. The van der Waals surface area contributed by atoms with E-state index in [4.69, 9.17) is 14.2 Å². The Morgan fingerprint density at radius 1 is 0.929 bits per heavy atom. The molecule has 0 saturated heterocycles. The van der Waals surface area contributed by atoms with Crippen molar-refractivity contribution >= 4 is 29.3 Å². The van der Waals surface area contributed by atoms with E-state index >= 15 is 0 Å². The lowest BCUT2D eigenvalue weighted by molar-refractivity contribution is -0.116. The van der Waals surface area contributed by atoms with Gasteiger partial charge in [-0.15, -0.1) is 10.2 Å². The number of methoxy groups -OCH3 is 3. The quantitative estimate of drug-likeness (QED) is 0.270. The van der Waals surface area contributed by atoms with Crippen LogP contribution < -0.4 is 24.4 Å². The van der Waals surface area contributed by atoms with Crippen LogP contribution in [0.15, 0.2) is 59.8 Å². The van der Waals surface area contributed by atoms with E-state index in [2.05, 4.69) is 21.6 Å². The summed E-state index contributed by atoms with van der Waals surface area (Å²) in [6.45, 7) is 4.84. The number of amides is 2. The molecule has 0 unspecified atom stereocenters. The highest BCUT2D eigenvalue weighted by Crippen LogP contribution is 2.38. The molecule has 0 fully saturated rings. The first-order valence-corrected chi connectivity index (χ1v) is 14.4. The van der Waals surface area contributed by atoms with Crippen LogP contribution in [0.25, 0.3) is 5.69 Å². The molecule has 1 N–H and O–H groups in total. The Kier molecular flexibility index (Phi) is 8.67. The predicted octanol–water partition coefficient (Wildman–Crippen LogP) is 4.52. The van der Waals surface area contributed by atoms with Crippen LogP contribution in [0.5, 0.6) is 17.2 Å². The maximum absolute atomic E-state index is 13.2. The van der Waals surface area contributed by atoms with Gasteiger partial charge in [-0.25, -0.2) is 0 Å². The number of aromatic nitrogens is 3. The third kappa shape index (κ3) is 5.64. The van der Waals surface area contributed by atoms with Crippen molar-refractivity contribution in [2.45, 2.75) is 32.0 Å². The number of nitrogens with zero attached hydrogens (tertiary/aromatic N) is 4. The normalized spacial score (nSPS) is 12.2. The van der Waals surface area contributed by atoms with Gasteiger partial charge in [-0.3, -0.25) is 14.2 Å². The van der Waals surface area contributed by atoms with Crippen LogP contribution in [0.3, 0.4) is 0 Å². The van der Waals surface area contributed by atoms with Crippen LogP contribution >= 0.6 is 11.8 Å². The van der Waals surface area contributed by atoms with Crippen molar-refractivity contribution in [3.63, 3.8) is 0 Å². The zero-order valence-corrected chi connectivity index (χ0v) is 25.1. The minimum atomic E-state index is -0.346. The van der Waals surface area contributed by atoms with Crippen molar-refractivity contribution in [1.29, 1.82) is 0 Å². The van der Waals surface area contributed by atoms with Crippen molar-refractivity contribution in [3.8, 4) is 22.9 Å². The number of ether oxygens (including phenoxy) is 3. The van der Waals surface area contributed by atoms with E-state index in [1.165, 1.54) is 38.7 Å². The van der Waals surface area contributed by atoms with E-state index in [9.17, 15) is 9.59 Å². The van der Waals surface area contributed by atoms with E-state index < -0.39 is 0 Å². The third-order valence-electron chi connectivity index (χ3n) is 7.36. The number of carbonyl (C=O) groups excluding carboxylic acids is 2. The van der Waals surface area contributed by atoms with Gasteiger partial charge in [0.1, 0.15) is 0 Å². The molecule has 42 heavy (non-hydrogen) atoms. The zero-order valence-electron chi connectivity index (χ0n) is 24.3. The first-order chi connectivity index (χ1) is 20.4. The lowest BCUT2D eigenvalue weighted by atomic mass is 10.1. The number of hydrogen-bond donors (Lipinski definition) is 1. The molecule has 0 atom stereocenters. The maximum Gasteiger partial charge on any atom is 0.251 e. The molecule has 0 spiro atoms. The number of rotatable bonds is 10. The first kappa shape index (κ1) is 29.0. The predicted molar refractivity (Wildman–Crippen MR) is 161 cm³/mol. The summed E-state index contributed by atoms with van der Waals surface area (Å²) in [6, 6.07) is 17.2. The number of fused-ring (bicyclic) bond motifs is 1. The average molecular weight is 588 g/mol. The Labute approximate surface area is 249 Å². The van der Waals surface area contributed by atoms with Gasteiger partial charge in [-0.05, 0) is 61.2 Å². The largest absolute Gasteiger partial charge is 0.493 e. The number of aryl methyl sites for hydroxylation is 1. The van der Waals surface area contributed by atoms with E-state index in [-0.39, 0.29) is 24.1 Å². The van der Waals surface area contributed by atoms with Gasteiger partial charge in [0.25, 0.3) is 5.91 Å². The molecule has 10 nitrogen and oxygen atoms in total. The summed E-state index contributed by atoms with van der Waals surface area (Å²) in [6.07, 6.45) is 0.848. The minimum Gasteiger partial charge on any atom is -0.493 e. The molecule has 3 aromatic carbocycles. The van der Waals surface area contributed by atoms with Crippen molar-refractivity contribution in [2.75, 3.05) is 38.5 Å². The summed E-state index contributed by atoms with van der Waals surface area (Å²) >= 11 is 1.33. The summed E-state index contributed by atoms with van der Waals surface area (Å²) in [7, 11) is 4.50. The molecule has 5 rings (SSSR count). The van der Waals surface area contributed by atoms with Gasteiger partial charge >= 0.3 is 0 Å². The highest BCUT2D eigenvalue weighted by atomic mass is 32.2. The Balaban J connectivity index is 1.39. The molecule has 0 bridgehead atoms. The number of benzene rings is 3.